The first-order chi connectivity index (χ1) is 9.93. The third-order valence-corrected chi connectivity index (χ3v) is 3.28. The number of aromatic nitrogens is 2. The number of phenolic OH excluding ortho intramolecular Hbond substituents is 1. The summed E-state index contributed by atoms with van der Waals surface area (Å²) in [4.78, 5) is 3.25. The molecule has 0 amide bonds. The van der Waals surface area contributed by atoms with E-state index in [2.05, 4.69) is 9.36 Å². The van der Waals surface area contributed by atoms with E-state index >= 15 is 0 Å². The van der Waals surface area contributed by atoms with Gasteiger partial charge < -0.3 is 9.84 Å². The zero-order chi connectivity index (χ0) is 15.0. The summed E-state index contributed by atoms with van der Waals surface area (Å²) in [5.41, 5.74) is 0. The van der Waals surface area contributed by atoms with Crippen molar-refractivity contribution in [3.63, 3.8) is 0 Å². The van der Waals surface area contributed by atoms with Gasteiger partial charge in [-0.3, -0.25) is 0 Å². The van der Waals surface area contributed by atoms with Gasteiger partial charge in [-0.15, -0.1) is 0 Å². The van der Waals surface area contributed by atoms with Crippen molar-refractivity contribution in [3.8, 4) is 16.7 Å². The highest BCUT2D eigenvalue weighted by atomic mass is 32.1. The molecular weight excluding hydrogens is 305 g/mol. The van der Waals surface area contributed by atoms with Gasteiger partial charge in [-0.1, -0.05) is 24.3 Å². The maximum absolute atomic E-state index is 12.4. The maximum Gasteiger partial charge on any atom is 0.452 e. The molecule has 0 saturated heterocycles. The molecule has 0 unspecified atom stereocenters. The molecule has 4 nitrogen and oxygen atoms in total. The number of fused-ring (bicyclic) bond motifs is 1. The van der Waals surface area contributed by atoms with Gasteiger partial charge in [0, 0.05) is 11.5 Å². The van der Waals surface area contributed by atoms with E-state index in [9.17, 15) is 18.3 Å². The molecule has 0 aliphatic rings. The highest BCUT2D eigenvalue weighted by Gasteiger charge is 2.36. The van der Waals surface area contributed by atoms with Crippen molar-refractivity contribution in [2.45, 2.75) is 6.18 Å². The zero-order valence-electron chi connectivity index (χ0n) is 10.3. The normalized spacial score (nSPS) is 11.8. The second-order valence-corrected chi connectivity index (χ2v) is 4.87. The fourth-order valence-electron chi connectivity index (χ4n) is 1.75. The van der Waals surface area contributed by atoms with Crippen molar-refractivity contribution in [2.24, 2.45) is 0 Å². The van der Waals surface area contributed by atoms with Crippen LogP contribution in [0.25, 0.3) is 10.8 Å². The Hall–Kier alpha value is -2.35. The van der Waals surface area contributed by atoms with Gasteiger partial charge in [0.05, 0.1) is 0 Å². The van der Waals surface area contributed by atoms with Gasteiger partial charge in [0.15, 0.2) is 11.5 Å². The van der Waals surface area contributed by atoms with Gasteiger partial charge in [0.2, 0.25) is 0 Å². The molecule has 8 heteroatoms. The summed E-state index contributed by atoms with van der Waals surface area (Å²) in [6.07, 6.45) is -4.62. The molecule has 0 aliphatic carbocycles. The Morgan fingerprint density at radius 1 is 1.10 bits per heavy atom. The third kappa shape index (κ3) is 2.75. The van der Waals surface area contributed by atoms with Crippen LogP contribution in [0.3, 0.4) is 0 Å². The number of nitrogens with zero attached hydrogens (tertiary/aromatic N) is 2. The number of hydrogen-bond acceptors (Lipinski definition) is 5. The molecular formula is C13H7F3N2O2S. The van der Waals surface area contributed by atoms with E-state index in [0.29, 0.717) is 11.5 Å². The van der Waals surface area contributed by atoms with Crippen molar-refractivity contribution in [3.05, 3.63) is 42.2 Å². The number of benzene rings is 2. The number of phenols is 1. The lowest BCUT2D eigenvalue weighted by atomic mass is 10.1. The van der Waals surface area contributed by atoms with Crippen LogP contribution in [0, 0.1) is 0 Å². The van der Waals surface area contributed by atoms with Crippen LogP contribution in [-0.4, -0.2) is 14.5 Å². The molecule has 1 heterocycles. The Bertz CT molecular complexity index is 801. The molecule has 2 aromatic carbocycles. The Labute approximate surface area is 120 Å². The SMILES string of the molecule is Oc1cc2ccccc2cc1Oc1nc(C(F)(F)F)ns1. The number of halogens is 3. The van der Waals surface area contributed by atoms with Crippen LogP contribution in [0.1, 0.15) is 5.82 Å². The third-order valence-electron chi connectivity index (χ3n) is 2.69. The molecule has 0 radical (unpaired) electrons. The standard InChI is InChI=1S/C13H7F3N2O2S/c14-13(15,16)11-17-12(21-18-11)20-10-6-8-4-2-1-3-7(8)5-9(10)19/h1-6,19H. The van der Waals surface area contributed by atoms with Gasteiger partial charge in [-0.05, 0) is 22.9 Å². The Kier molecular flexibility index (Phi) is 3.17. The van der Waals surface area contributed by atoms with E-state index in [4.69, 9.17) is 4.74 Å². The molecule has 3 aromatic rings. The first-order valence-electron chi connectivity index (χ1n) is 5.74. The second-order valence-electron chi connectivity index (χ2n) is 4.15. The van der Waals surface area contributed by atoms with Gasteiger partial charge in [0.1, 0.15) is 0 Å². The van der Waals surface area contributed by atoms with E-state index in [1.165, 1.54) is 12.1 Å². The van der Waals surface area contributed by atoms with Crippen LogP contribution in [0.15, 0.2) is 36.4 Å². The van der Waals surface area contributed by atoms with Crippen molar-refractivity contribution >= 4 is 22.3 Å². The minimum Gasteiger partial charge on any atom is -0.504 e. The predicted octanol–water partition coefficient (Wildman–Crippen LogP) is 4.21. The van der Waals surface area contributed by atoms with Crippen LogP contribution in [-0.2, 0) is 6.18 Å². The highest BCUT2D eigenvalue weighted by Crippen LogP contribution is 2.36. The Morgan fingerprint density at radius 2 is 1.76 bits per heavy atom. The summed E-state index contributed by atoms with van der Waals surface area (Å²) in [5, 5.41) is 11.1. The fourth-order valence-corrected chi connectivity index (χ4v) is 2.31. The molecule has 0 spiro atoms. The summed E-state index contributed by atoms with van der Waals surface area (Å²) < 4.78 is 45.6. The van der Waals surface area contributed by atoms with Gasteiger partial charge in [-0.25, -0.2) is 0 Å². The van der Waals surface area contributed by atoms with E-state index < -0.39 is 12.0 Å². The minimum absolute atomic E-state index is 0.0265. The number of ether oxygens (including phenoxy) is 1. The Morgan fingerprint density at radius 3 is 2.38 bits per heavy atom. The molecule has 0 saturated carbocycles. The van der Waals surface area contributed by atoms with Gasteiger partial charge >= 0.3 is 6.18 Å². The van der Waals surface area contributed by atoms with E-state index in [0.717, 1.165) is 10.8 Å². The number of hydrogen-bond donors (Lipinski definition) is 1. The molecule has 3 rings (SSSR count). The van der Waals surface area contributed by atoms with Crippen molar-refractivity contribution < 1.29 is 23.0 Å². The Balaban J connectivity index is 1.94. The molecule has 0 atom stereocenters. The summed E-state index contributed by atoms with van der Waals surface area (Å²) in [6, 6.07) is 10.2. The molecule has 0 bridgehead atoms. The highest BCUT2D eigenvalue weighted by molar-refractivity contribution is 7.07. The molecule has 1 aromatic heterocycles. The predicted molar refractivity (Wildman–Crippen MR) is 70.6 cm³/mol. The number of aromatic hydroxyl groups is 1. The van der Waals surface area contributed by atoms with Crippen LogP contribution in [0.2, 0.25) is 0 Å². The summed E-state index contributed by atoms with van der Waals surface area (Å²) in [7, 11) is 0. The average Bonchev–Trinajstić information content (AvgIpc) is 2.88. The molecule has 0 aliphatic heterocycles. The second kappa shape index (κ2) is 4.88. The van der Waals surface area contributed by atoms with Crippen LogP contribution in [0.4, 0.5) is 13.2 Å². The van der Waals surface area contributed by atoms with E-state index in [1.807, 2.05) is 6.07 Å². The lowest BCUT2D eigenvalue weighted by Crippen LogP contribution is -2.06. The zero-order valence-corrected chi connectivity index (χ0v) is 11.1. The number of alkyl halides is 3. The van der Waals surface area contributed by atoms with Crippen LogP contribution in [0.5, 0.6) is 16.7 Å². The summed E-state index contributed by atoms with van der Waals surface area (Å²) in [6.45, 7) is 0. The van der Waals surface area contributed by atoms with Crippen molar-refractivity contribution in [1.82, 2.24) is 9.36 Å². The fraction of sp³-hybridized carbons (Fsp3) is 0.0769. The minimum atomic E-state index is -4.62. The monoisotopic (exact) mass is 312 g/mol. The van der Waals surface area contributed by atoms with Crippen LogP contribution < -0.4 is 4.74 Å². The lowest BCUT2D eigenvalue weighted by molar-refractivity contribution is -0.144. The summed E-state index contributed by atoms with van der Waals surface area (Å²) >= 11 is 0.471. The van der Waals surface area contributed by atoms with Crippen molar-refractivity contribution in [1.29, 1.82) is 0 Å². The quantitative estimate of drug-likeness (QED) is 0.770. The smallest absolute Gasteiger partial charge is 0.452 e. The number of rotatable bonds is 2. The van der Waals surface area contributed by atoms with Crippen LogP contribution >= 0.6 is 11.5 Å². The van der Waals surface area contributed by atoms with Gasteiger partial charge in [0.25, 0.3) is 11.0 Å². The van der Waals surface area contributed by atoms with Crippen molar-refractivity contribution in [2.75, 3.05) is 0 Å². The largest absolute Gasteiger partial charge is 0.504 e. The summed E-state index contributed by atoms with van der Waals surface area (Å²) in [5.74, 6) is -1.42. The van der Waals surface area contributed by atoms with E-state index in [1.54, 1.807) is 18.2 Å². The molecule has 21 heavy (non-hydrogen) atoms. The molecule has 0 fully saturated rings. The molecule has 1 N–H and O–H groups in total. The van der Waals surface area contributed by atoms with E-state index in [-0.39, 0.29) is 16.7 Å². The lowest BCUT2D eigenvalue weighted by Gasteiger charge is -2.06. The first-order valence-corrected chi connectivity index (χ1v) is 6.51. The topological polar surface area (TPSA) is 55.2 Å². The maximum atomic E-state index is 12.4. The molecule has 108 valence electrons. The first kappa shape index (κ1) is 13.6. The average molecular weight is 312 g/mol. The van der Waals surface area contributed by atoms with Gasteiger partial charge in [-0.2, -0.15) is 22.5 Å².